The molecule has 2 nitrogen and oxygen atoms in total. The van der Waals surface area contributed by atoms with Crippen LogP contribution in [0, 0.1) is 6.92 Å². The molecular weight excluding hydrogens is 322 g/mol. The average Bonchev–Trinajstić information content (AvgIpc) is 2.68. The summed E-state index contributed by atoms with van der Waals surface area (Å²) >= 11 is 10.9. The number of thiophene rings is 1. The summed E-state index contributed by atoms with van der Waals surface area (Å²) in [4.78, 5) is 15.1. The van der Waals surface area contributed by atoms with Crippen molar-refractivity contribution in [3.63, 3.8) is 0 Å². The molecule has 1 aliphatic heterocycles. The normalized spacial score (nSPS) is 20.6. The van der Waals surface area contributed by atoms with Crippen LogP contribution in [0.4, 0.5) is 0 Å². The first-order valence-corrected chi connectivity index (χ1v) is 7.90. The molecule has 0 aliphatic carbocycles. The Kier molecular flexibility index (Phi) is 4.50. The third-order valence-electron chi connectivity index (χ3n) is 3.13. The second-order valence-corrected chi connectivity index (χ2v) is 7.05. The summed E-state index contributed by atoms with van der Waals surface area (Å²) in [6, 6.07) is 2.16. The summed E-state index contributed by atoms with van der Waals surface area (Å²) in [6.45, 7) is 2.84. The van der Waals surface area contributed by atoms with Crippen LogP contribution >= 0.6 is 38.9 Å². The van der Waals surface area contributed by atoms with Gasteiger partial charge in [-0.05, 0) is 53.7 Å². The number of nitrogens with zero attached hydrogens (tertiary/aromatic N) is 1. The van der Waals surface area contributed by atoms with E-state index in [4.69, 9.17) is 11.6 Å². The van der Waals surface area contributed by atoms with Gasteiger partial charge in [0.25, 0.3) is 5.91 Å². The number of rotatable bonds is 2. The molecule has 1 fully saturated rings. The number of hydrogen-bond acceptors (Lipinski definition) is 2. The molecule has 5 heteroatoms. The molecule has 0 saturated carbocycles. The van der Waals surface area contributed by atoms with E-state index < -0.39 is 0 Å². The molecule has 1 aromatic rings. The van der Waals surface area contributed by atoms with Gasteiger partial charge in [0.1, 0.15) is 0 Å². The molecule has 1 unspecified atom stereocenters. The molecule has 1 aliphatic rings. The van der Waals surface area contributed by atoms with E-state index in [1.807, 2.05) is 17.9 Å². The predicted molar refractivity (Wildman–Crippen MR) is 76.2 cm³/mol. The van der Waals surface area contributed by atoms with Crippen LogP contribution in [-0.2, 0) is 0 Å². The van der Waals surface area contributed by atoms with Gasteiger partial charge in [0, 0.05) is 18.5 Å². The summed E-state index contributed by atoms with van der Waals surface area (Å²) in [5.74, 6) is 0.672. The largest absolute Gasteiger partial charge is 0.334 e. The van der Waals surface area contributed by atoms with E-state index in [1.54, 1.807) is 0 Å². The first kappa shape index (κ1) is 13.4. The maximum atomic E-state index is 12.4. The Bertz CT molecular complexity index is 401. The van der Waals surface area contributed by atoms with Gasteiger partial charge < -0.3 is 4.90 Å². The second-order valence-electron chi connectivity index (χ2n) is 4.37. The monoisotopic (exact) mass is 335 g/mol. The average molecular weight is 337 g/mol. The third-order valence-corrected chi connectivity index (χ3v) is 5.61. The Hall–Kier alpha value is -0.0600. The van der Waals surface area contributed by atoms with Crippen molar-refractivity contribution in [1.82, 2.24) is 4.90 Å². The van der Waals surface area contributed by atoms with Gasteiger partial charge in [0.15, 0.2) is 0 Å². The molecule has 0 radical (unpaired) electrons. The van der Waals surface area contributed by atoms with Gasteiger partial charge in [-0.15, -0.1) is 22.9 Å². The van der Waals surface area contributed by atoms with Gasteiger partial charge in [-0.2, -0.15) is 0 Å². The smallest absolute Gasteiger partial charge is 0.264 e. The lowest BCUT2D eigenvalue weighted by Crippen LogP contribution is -2.44. The molecule has 1 amide bonds. The van der Waals surface area contributed by atoms with Gasteiger partial charge >= 0.3 is 0 Å². The summed E-state index contributed by atoms with van der Waals surface area (Å²) in [5, 5.41) is 0. The van der Waals surface area contributed by atoms with Crippen molar-refractivity contribution in [3.8, 4) is 0 Å². The molecule has 1 atom stereocenters. The molecule has 2 heterocycles. The first-order chi connectivity index (χ1) is 8.13. The van der Waals surface area contributed by atoms with Crippen molar-refractivity contribution in [2.45, 2.75) is 32.2 Å². The second kappa shape index (κ2) is 5.72. The number of alkyl halides is 1. The van der Waals surface area contributed by atoms with E-state index in [1.165, 1.54) is 17.8 Å². The van der Waals surface area contributed by atoms with Crippen molar-refractivity contribution < 1.29 is 4.79 Å². The Balaban J connectivity index is 2.18. The number of aryl methyl sites for hydroxylation is 1. The van der Waals surface area contributed by atoms with Crippen LogP contribution < -0.4 is 0 Å². The number of halogens is 2. The minimum absolute atomic E-state index is 0.133. The predicted octanol–water partition coefficient (Wildman–Crippen LogP) is 4.05. The highest BCUT2D eigenvalue weighted by atomic mass is 79.9. The molecular formula is C12H15BrClNOS. The number of carbonyl (C=O) groups excluding carboxylic acids is 1. The summed E-state index contributed by atoms with van der Waals surface area (Å²) < 4.78 is 1.04. The van der Waals surface area contributed by atoms with Gasteiger partial charge in [0.2, 0.25) is 0 Å². The SMILES string of the molecule is Cc1cc(C(=O)N2CCCCC2CCl)sc1Br. The lowest BCUT2D eigenvalue weighted by molar-refractivity contribution is 0.0644. The van der Waals surface area contributed by atoms with Crippen LogP contribution in [0.5, 0.6) is 0 Å². The van der Waals surface area contributed by atoms with Gasteiger partial charge in [-0.1, -0.05) is 0 Å². The molecule has 2 rings (SSSR count). The Morgan fingerprint density at radius 3 is 3.00 bits per heavy atom. The highest BCUT2D eigenvalue weighted by Crippen LogP contribution is 2.30. The Morgan fingerprint density at radius 2 is 2.41 bits per heavy atom. The molecule has 0 N–H and O–H groups in total. The van der Waals surface area contributed by atoms with E-state index in [9.17, 15) is 4.79 Å². The van der Waals surface area contributed by atoms with E-state index in [-0.39, 0.29) is 11.9 Å². The zero-order valence-corrected chi connectivity index (χ0v) is 12.9. The lowest BCUT2D eigenvalue weighted by atomic mass is 10.0. The number of amides is 1. The van der Waals surface area contributed by atoms with Crippen molar-refractivity contribution in [3.05, 3.63) is 20.3 Å². The molecule has 1 saturated heterocycles. The van der Waals surface area contributed by atoms with Crippen molar-refractivity contribution in [2.75, 3.05) is 12.4 Å². The third kappa shape index (κ3) is 2.85. The zero-order chi connectivity index (χ0) is 12.4. The van der Waals surface area contributed by atoms with Crippen molar-refractivity contribution >= 4 is 44.8 Å². The topological polar surface area (TPSA) is 20.3 Å². The van der Waals surface area contributed by atoms with Crippen LogP contribution in [0.3, 0.4) is 0 Å². The van der Waals surface area contributed by atoms with Crippen molar-refractivity contribution in [1.29, 1.82) is 0 Å². The summed E-state index contributed by atoms with van der Waals surface area (Å²) in [7, 11) is 0. The molecule has 17 heavy (non-hydrogen) atoms. The maximum Gasteiger partial charge on any atom is 0.264 e. The fourth-order valence-corrected chi connectivity index (χ4v) is 3.95. The van der Waals surface area contributed by atoms with Crippen LogP contribution in [0.25, 0.3) is 0 Å². The van der Waals surface area contributed by atoms with E-state index in [2.05, 4.69) is 15.9 Å². The number of piperidine rings is 1. The molecule has 1 aromatic heterocycles. The standard InChI is InChI=1S/C12H15BrClNOS/c1-8-6-10(17-11(8)13)12(16)15-5-3-2-4-9(15)7-14/h6,9H,2-5,7H2,1H3. The fraction of sp³-hybridized carbons (Fsp3) is 0.583. The molecule has 94 valence electrons. The Labute approximate surface area is 119 Å². The van der Waals surface area contributed by atoms with Crippen LogP contribution in [0.2, 0.25) is 0 Å². The minimum Gasteiger partial charge on any atom is -0.334 e. The quantitative estimate of drug-likeness (QED) is 0.746. The Morgan fingerprint density at radius 1 is 1.65 bits per heavy atom. The molecule has 0 bridgehead atoms. The number of likely N-dealkylation sites (tertiary alicyclic amines) is 1. The van der Waals surface area contributed by atoms with Crippen LogP contribution in [-0.4, -0.2) is 29.3 Å². The zero-order valence-electron chi connectivity index (χ0n) is 9.71. The number of hydrogen-bond donors (Lipinski definition) is 0. The van der Waals surface area contributed by atoms with Gasteiger partial charge in [0.05, 0.1) is 8.66 Å². The maximum absolute atomic E-state index is 12.4. The van der Waals surface area contributed by atoms with Crippen LogP contribution in [0.1, 0.15) is 34.5 Å². The fourth-order valence-electron chi connectivity index (χ4n) is 2.14. The van der Waals surface area contributed by atoms with Gasteiger partial charge in [-0.25, -0.2) is 0 Å². The van der Waals surface area contributed by atoms with E-state index in [0.29, 0.717) is 5.88 Å². The minimum atomic E-state index is 0.133. The highest BCUT2D eigenvalue weighted by molar-refractivity contribution is 9.11. The van der Waals surface area contributed by atoms with Crippen LogP contribution in [0.15, 0.2) is 9.85 Å². The lowest BCUT2D eigenvalue weighted by Gasteiger charge is -2.34. The van der Waals surface area contributed by atoms with Crippen molar-refractivity contribution in [2.24, 2.45) is 0 Å². The summed E-state index contributed by atoms with van der Waals surface area (Å²) in [6.07, 6.45) is 3.29. The number of carbonyl (C=O) groups is 1. The van der Waals surface area contributed by atoms with Gasteiger partial charge in [-0.3, -0.25) is 4.79 Å². The molecule has 0 spiro atoms. The van der Waals surface area contributed by atoms with E-state index in [0.717, 1.165) is 33.6 Å². The highest BCUT2D eigenvalue weighted by Gasteiger charge is 2.27. The van der Waals surface area contributed by atoms with E-state index >= 15 is 0 Å². The molecule has 0 aromatic carbocycles. The summed E-state index contributed by atoms with van der Waals surface area (Å²) in [5.41, 5.74) is 1.12. The first-order valence-electron chi connectivity index (χ1n) is 5.76.